The maximum atomic E-state index is 10.3. The van der Waals surface area contributed by atoms with Gasteiger partial charge in [0.15, 0.2) is 0 Å². The number of hydrogen-bond donors (Lipinski definition) is 2. The molecule has 0 saturated heterocycles. The van der Waals surface area contributed by atoms with Gasteiger partial charge in [0.05, 0.1) is 5.60 Å². The third-order valence-corrected chi connectivity index (χ3v) is 3.74. The average molecular weight is 223 g/mol. The van der Waals surface area contributed by atoms with Crippen molar-refractivity contribution in [3.63, 3.8) is 0 Å². The zero-order valence-electron chi connectivity index (χ0n) is 10.5. The number of aliphatic hydroxyl groups is 1. The molecule has 0 radical (unpaired) electrons. The van der Waals surface area contributed by atoms with Crippen LogP contribution in [0, 0.1) is 18.3 Å². The molecular weight excluding hydrogens is 198 g/mol. The van der Waals surface area contributed by atoms with E-state index in [4.69, 9.17) is 6.42 Å². The highest BCUT2D eigenvalue weighted by molar-refractivity contribution is 4.87. The molecule has 0 bridgehead atoms. The topological polar surface area (TPSA) is 32.3 Å². The van der Waals surface area contributed by atoms with E-state index in [9.17, 15) is 5.11 Å². The summed E-state index contributed by atoms with van der Waals surface area (Å²) in [6.45, 7) is 3.89. The quantitative estimate of drug-likeness (QED) is 0.535. The van der Waals surface area contributed by atoms with Crippen LogP contribution in [-0.4, -0.2) is 23.8 Å². The van der Waals surface area contributed by atoms with Crippen molar-refractivity contribution in [2.24, 2.45) is 5.92 Å². The van der Waals surface area contributed by atoms with E-state index in [1.54, 1.807) is 0 Å². The Morgan fingerprint density at radius 1 is 1.44 bits per heavy atom. The van der Waals surface area contributed by atoms with Gasteiger partial charge in [-0.2, -0.15) is 0 Å². The Kier molecular flexibility index (Phi) is 5.87. The zero-order chi connectivity index (χ0) is 11.9. The van der Waals surface area contributed by atoms with E-state index in [1.165, 1.54) is 19.3 Å². The summed E-state index contributed by atoms with van der Waals surface area (Å²) in [5.41, 5.74) is -0.457. The van der Waals surface area contributed by atoms with Crippen LogP contribution in [-0.2, 0) is 0 Å². The van der Waals surface area contributed by atoms with E-state index in [0.717, 1.165) is 44.7 Å². The first-order chi connectivity index (χ1) is 7.70. The Hall–Kier alpha value is -0.520. The molecule has 1 rings (SSSR count). The molecule has 0 amide bonds. The fourth-order valence-electron chi connectivity index (χ4n) is 2.44. The van der Waals surface area contributed by atoms with Gasteiger partial charge in [-0.05, 0) is 44.6 Å². The van der Waals surface area contributed by atoms with Gasteiger partial charge in [0.1, 0.15) is 0 Å². The summed E-state index contributed by atoms with van der Waals surface area (Å²) in [5, 5.41) is 13.7. The SMILES string of the molecule is C#CCCCNCC1(O)CCC(CC)CC1. The molecule has 92 valence electrons. The maximum absolute atomic E-state index is 10.3. The number of rotatable bonds is 6. The molecule has 0 atom stereocenters. The first kappa shape index (κ1) is 13.5. The molecule has 1 fully saturated rings. The Labute approximate surface area is 99.8 Å². The van der Waals surface area contributed by atoms with E-state index < -0.39 is 5.60 Å². The van der Waals surface area contributed by atoms with Crippen molar-refractivity contribution in [2.75, 3.05) is 13.1 Å². The van der Waals surface area contributed by atoms with E-state index in [2.05, 4.69) is 18.2 Å². The van der Waals surface area contributed by atoms with Gasteiger partial charge in [-0.3, -0.25) is 0 Å². The summed E-state index contributed by atoms with van der Waals surface area (Å²) in [6.07, 6.45) is 12.5. The van der Waals surface area contributed by atoms with Gasteiger partial charge in [0.2, 0.25) is 0 Å². The molecule has 2 nitrogen and oxygen atoms in total. The summed E-state index contributed by atoms with van der Waals surface area (Å²) in [6, 6.07) is 0. The van der Waals surface area contributed by atoms with E-state index in [1.807, 2.05) is 0 Å². The molecule has 1 aliphatic carbocycles. The van der Waals surface area contributed by atoms with Crippen molar-refractivity contribution in [3.8, 4) is 12.3 Å². The van der Waals surface area contributed by atoms with Gasteiger partial charge in [0, 0.05) is 13.0 Å². The van der Waals surface area contributed by atoms with Gasteiger partial charge in [-0.15, -0.1) is 12.3 Å². The second-order valence-corrected chi connectivity index (χ2v) is 5.06. The molecule has 1 saturated carbocycles. The van der Waals surface area contributed by atoms with Crippen LogP contribution >= 0.6 is 0 Å². The third kappa shape index (κ3) is 4.55. The molecular formula is C14H25NO. The summed E-state index contributed by atoms with van der Waals surface area (Å²) in [5.74, 6) is 3.46. The lowest BCUT2D eigenvalue weighted by Crippen LogP contribution is -2.43. The fourth-order valence-corrected chi connectivity index (χ4v) is 2.44. The first-order valence-corrected chi connectivity index (χ1v) is 6.57. The van der Waals surface area contributed by atoms with Crippen molar-refractivity contribution in [2.45, 2.75) is 57.5 Å². The van der Waals surface area contributed by atoms with E-state index in [0.29, 0.717) is 0 Å². The summed E-state index contributed by atoms with van der Waals surface area (Å²) < 4.78 is 0. The second kappa shape index (κ2) is 6.93. The number of hydrogen-bond acceptors (Lipinski definition) is 2. The molecule has 1 aliphatic rings. The van der Waals surface area contributed by atoms with Crippen LogP contribution in [0.25, 0.3) is 0 Å². The summed E-state index contributed by atoms with van der Waals surface area (Å²) >= 11 is 0. The number of terminal acetylenes is 1. The Balaban J connectivity index is 2.14. The lowest BCUT2D eigenvalue weighted by atomic mass is 9.78. The monoisotopic (exact) mass is 223 g/mol. The van der Waals surface area contributed by atoms with Crippen molar-refractivity contribution < 1.29 is 5.11 Å². The third-order valence-electron chi connectivity index (χ3n) is 3.74. The van der Waals surface area contributed by atoms with Crippen molar-refractivity contribution >= 4 is 0 Å². The highest BCUT2D eigenvalue weighted by Crippen LogP contribution is 2.33. The molecule has 0 spiro atoms. The normalized spacial score (nSPS) is 29.9. The second-order valence-electron chi connectivity index (χ2n) is 5.06. The predicted octanol–water partition coefficient (Wildman–Crippen LogP) is 2.32. The molecule has 2 N–H and O–H groups in total. The lowest BCUT2D eigenvalue weighted by Gasteiger charge is -2.36. The number of nitrogens with one attached hydrogen (secondary N) is 1. The van der Waals surface area contributed by atoms with Crippen LogP contribution in [0.3, 0.4) is 0 Å². The molecule has 0 aromatic rings. The molecule has 0 aliphatic heterocycles. The van der Waals surface area contributed by atoms with E-state index in [-0.39, 0.29) is 0 Å². The van der Waals surface area contributed by atoms with Crippen LogP contribution in [0.15, 0.2) is 0 Å². The highest BCUT2D eigenvalue weighted by atomic mass is 16.3. The molecule has 2 heteroatoms. The van der Waals surface area contributed by atoms with Crippen LogP contribution < -0.4 is 5.32 Å². The van der Waals surface area contributed by atoms with Crippen LogP contribution in [0.5, 0.6) is 0 Å². The van der Waals surface area contributed by atoms with Crippen molar-refractivity contribution in [1.82, 2.24) is 5.32 Å². The first-order valence-electron chi connectivity index (χ1n) is 6.57. The summed E-state index contributed by atoms with van der Waals surface area (Å²) in [7, 11) is 0. The van der Waals surface area contributed by atoms with E-state index >= 15 is 0 Å². The molecule has 0 heterocycles. The average Bonchev–Trinajstić information content (AvgIpc) is 2.30. The van der Waals surface area contributed by atoms with Gasteiger partial charge >= 0.3 is 0 Å². The fraction of sp³-hybridized carbons (Fsp3) is 0.857. The minimum Gasteiger partial charge on any atom is -0.389 e. The Bertz CT molecular complexity index is 223. The van der Waals surface area contributed by atoms with Crippen LogP contribution in [0.4, 0.5) is 0 Å². The van der Waals surface area contributed by atoms with Gasteiger partial charge in [-0.25, -0.2) is 0 Å². The van der Waals surface area contributed by atoms with Gasteiger partial charge in [0.25, 0.3) is 0 Å². The van der Waals surface area contributed by atoms with Crippen molar-refractivity contribution in [3.05, 3.63) is 0 Å². The van der Waals surface area contributed by atoms with Gasteiger partial charge < -0.3 is 10.4 Å². The molecule has 0 aromatic carbocycles. The van der Waals surface area contributed by atoms with Crippen molar-refractivity contribution in [1.29, 1.82) is 0 Å². The Morgan fingerprint density at radius 2 is 2.12 bits per heavy atom. The Morgan fingerprint density at radius 3 is 2.69 bits per heavy atom. The minimum atomic E-state index is -0.457. The lowest BCUT2D eigenvalue weighted by molar-refractivity contribution is -0.00842. The maximum Gasteiger partial charge on any atom is 0.0771 e. The van der Waals surface area contributed by atoms with Gasteiger partial charge in [-0.1, -0.05) is 13.3 Å². The highest BCUT2D eigenvalue weighted by Gasteiger charge is 2.31. The van der Waals surface area contributed by atoms with Crippen LogP contribution in [0.2, 0.25) is 0 Å². The summed E-state index contributed by atoms with van der Waals surface area (Å²) in [4.78, 5) is 0. The largest absolute Gasteiger partial charge is 0.389 e. The zero-order valence-corrected chi connectivity index (χ0v) is 10.5. The predicted molar refractivity (Wildman–Crippen MR) is 68.1 cm³/mol. The minimum absolute atomic E-state index is 0.457. The standard InChI is InChI=1S/C14H25NO/c1-3-5-6-11-15-12-14(16)9-7-13(4-2)8-10-14/h1,13,15-16H,4-12H2,2H3. The number of unbranched alkanes of at least 4 members (excludes halogenated alkanes) is 1. The molecule has 16 heavy (non-hydrogen) atoms. The molecule has 0 unspecified atom stereocenters. The van der Waals surface area contributed by atoms with Crippen LogP contribution in [0.1, 0.15) is 51.9 Å². The smallest absolute Gasteiger partial charge is 0.0771 e. The molecule has 0 aromatic heterocycles.